The second-order valence-electron chi connectivity index (χ2n) is 7.80. The van der Waals surface area contributed by atoms with Crippen LogP contribution in [0.1, 0.15) is 49.6 Å². The molecule has 30 heavy (non-hydrogen) atoms. The molecule has 2 N–H and O–H groups in total. The highest BCUT2D eigenvalue weighted by Crippen LogP contribution is 2.13. The molecule has 0 atom stereocenters. The van der Waals surface area contributed by atoms with Crippen molar-refractivity contribution in [2.75, 3.05) is 26.2 Å². The van der Waals surface area contributed by atoms with Crippen LogP contribution < -0.4 is 10.6 Å². The average molecular weight is 524 g/mol. The molecule has 166 valence electrons. The van der Waals surface area contributed by atoms with E-state index < -0.39 is 0 Å². The van der Waals surface area contributed by atoms with Gasteiger partial charge in [-0.25, -0.2) is 9.98 Å². The first-order chi connectivity index (χ1) is 14.2. The lowest BCUT2D eigenvalue weighted by Crippen LogP contribution is -2.37. The van der Waals surface area contributed by atoms with Crippen LogP contribution in [0.25, 0.3) is 0 Å². The van der Waals surface area contributed by atoms with E-state index in [4.69, 9.17) is 4.99 Å². The number of aliphatic imine (C=N–C) groups is 1. The molecule has 3 rings (SSSR count). The molecule has 0 spiro atoms. The maximum atomic E-state index is 4.75. The molecule has 1 fully saturated rings. The molecular formula is C23H37IN6. The molecule has 7 heteroatoms. The molecule has 1 saturated heterocycles. The van der Waals surface area contributed by atoms with Gasteiger partial charge < -0.3 is 15.2 Å². The fourth-order valence-corrected chi connectivity index (χ4v) is 3.72. The number of guanidine groups is 1. The number of nitrogens with one attached hydrogen (secondary N) is 2. The lowest BCUT2D eigenvalue weighted by atomic mass is 10.1. The van der Waals surface area contributed by atoms with Crippen LogP contribution in [0.3, 0.4) is 0 Å². The number of aromatic nitrogens is 2. The van der Waals surface area contributed by atoms with Crippen LogP contribution in [-0.4, -0.2) is 46.6 Å². The summed E-state index contributed by atoms with van der Waals surface area (Å²) in [6, 6.07) is 8.93. The van der Waals surface area contributed by atoms with Gasteiger partial charge in [0.15, 0.2) is 5.96 Å². The number of aryl methyl sites for hydroxylation is 2. The monoisotopic (exact) mass is 524 g/mol. The molecule has 1 aromatic carbocycles. The minimum atomic E-state index is 0. The topological polar surface area (TPSA) is 57.5 Å². The third-order valence-corrected chi connectivity index (χ3v) is 5.43. The van der Waals surface area contributed by atoms with Gasteiger partial charge in [-0.15, -0.1) is 24.0 Å². The van der Waals surface area contributed by atoms with Gasteiger partial charge in [-0.3, -0.25) is 4.90 Å². The molecule has 0 aliphatic carbocycles. The third kappa shape index (κ3) is 8.26. The van der Waals surface area contributed by atoms with Crippen LogP contribution >= 0.6 is 24.0 Å². The minimum Gasteiger partial charge on any atom is -0.357 e. The van der Waals surface area contributed by atoms with Gasteiger partial charge in [0.25, 0.3) is 0 Å². The van der Waals surface area contributed by atoms with E-state index in [9.17, 15) is 0 Å². The largest absolute Gasteiger partial charge is 0.357 e. The lowest BCUT2D eigenvalue weighted by Gasteiger charge is -2.14. The normalized spacial score (nSPS) is 14.5. The second-order valence-corrected chi connectivity index (χ2v) is 7.80. The van der Waals surface area contributed by atoms with E-state index in [0.29, 0.717) is 6.54 Å². The van der Waals surface area contributed by atoms with Crippen molar-refractivity contribution in [1.29, 1.82) is 0 Å². The average Bonchev–Trinajstić information content (AvgIpc) is 3.39. The Bertz CT molecular complexity index is 749. The maximum absolute atomic E-state index is 4.75. The van der Waals surface area contributed by atoms with Crippen molar-refractivity contribution >= 4 is 29.9 Å². The number of hydrogen-bond acceptors (Lipinski definition) is 3. The predicted molar refractivity (Wildman–Crippen MR) is 135 cm³/mol. The van der Waals surface area contributed by atoms with Crippen LogP contribution in [0.4, 0.5) is 0 Å². The van der Waals surface area contributed by atoms with E-state index >= 15 is 0 Å². The first-order valence-electron chi connectivity index (χ1n) is 11.0. The number of hydrogen-bond donors (Lipinski definition) is 2. The van der Waals surface area contributed by atoms with Crippen LogP contribution in [-0.2, 0) is 19.6 Å². The van der Waals surface area contributed by atoms with Crippen molar-refractivity contribution in [3.8, 4) is 0 Å². The number of benzene rings is 1. The van der Waals surface area contributed by atoms with Gasteiger partial charge >= 0.3 is 0 Å². The predicted octanol–water partition coefficient (Wildman–Crippen LogP) is 3.94. The van der Waals surface area contributed by atoms with E-state index in [2.05, 4.69) is 56.3 Å². The summed E-state index contributed by atoms with van der Waals surface area (Å²) in [6.45, 7) is 11.2. The summed E-state index contributed by atoms with van der Waals surface area (Å²) >= 11 is 0. The summed E-state index contributed by atoms with van der Waals surface area (Å²) in [6.07, 6.45) is 8.83. The zero-order valence-corrected chi connectivity index (χ0v) is 20.8. The van der Waals surface area contributed by atoms with E-state index in [1.165, 1.54) is 37.1 Å². The third-order valence-electron chi connectivity index (χ3n) is 5.43. The van der Waals surface area contributed by atoms with Crippen LogP contribution in [0.5, 0.6) is 0 Å². The van der Waals surface area contributed by atoms with Crippen molar-refractivity contribution in [2.45, 2.75) is 59.2 Å². The molecular weight excluding hydrogens is 487 g/mol. The Morgan fingerprint density at radius 3 is 2.47 bits per heavy atom. The van der Waals surface area contributed by atoms with Crippen LogP contribution in [0.2, 0.25) is 0 Å². The number of imidazole rings is 1. The van der Waals surface area contributed by atoms with Gasteiger partial charge in [-0.1, -0.05) is 24.3 Å². The standard InChI is InChI=1S/C23H36N6.HI/c1-3-24-23(26-12-4-5-16-29-17-13-25-20(29)2)27-18-21-8-10-22(11-9-21)19-28-14-6-7-15-28;/h8-11,13,17H,3-7,12,14-16,18-19H2,1-2H3,(H2,24,26,27);1H. The molecule has 0 bridgehead atoms. The molecule has 0 amide bonds. The summed E-state index contributed by atoms with van der Waals surface area (Å²) in [5.41, 5.74) is 2.65. The number of rotatable bonds is 10. The molecule has 1 aliphatic rings. The van der Waals surface area contributed by atoms with E-state index in [1.54, 1.807) is 0 Å². The van der Waals surface area contributed by atoms with Crippen molar-refractivity contribution < 1.29 is 0 Å². The number of likely N-dealkylation sites (tertiary alicyclic amines) is 1. The molecule has 6 nitrogen and oxygen atoms in total. The molecule has 0 radical (unpaired) electrons. The maximum Gasteiger partial charge on any atom is 0.191 e. The highest BCUT2D eigenvalue weighted by molar-refractivity contribution is 14.0. The molecule has 2 heterocycles. The fourth-order valence-electron chi connectivity index (χ4n) is 3.72. The summed E-state index contributed by atoms with van der Waals surface area (Å²) in [7, 11) is 0. The fraction of sp³-hybridized carbons (Fsp3) is 0.565. The van der Waals surface area contributed by atoms with Crippen LogP contribution in [0, 0.1) is 6.92 Å². The Kier molecular flexibility index (Phi) is 11.2. The summed E-state index contributed by atoms with van der Waals surface area (Å²) < 4.78 is 2.20. The Hall–Kier alpha value is -1.61. The Labute approximate surface area is 198 Å². The van der Waals surface area contributed by atoms with Gasteiger partial charge in [0.05, 0.1) is 6.54 Å². The zero-order valence-electron chi connectivity index (χ0n) is 18.4. The Morgan fingerprint density at radius 1 is 1.07 bits per heavy atom. The van der Waals surface area contributed by atoms with Crippen molar-refractivity contribution in [3.63, 3.8) is 0 Å². The smallest absolute Gasteiger partial charge is 0.191 e. The second kappa shape index (κ2) is 13.6. The van der Waals surface area contributed by atoms with Gasteiger partial charge in [0, 0.05) is 38.6 Å². The number of halogens is 1. The molecule has 1 aliphatic heterocycles. The van der Waals surface area contributed by atoms with Gasteiger partial charge in [-0.2, -0.15) is 0 Å². The van der Waals surface area contributed by atoms with Crippen molar-refractivity contribution in [3.05, 3.63) is 53.6 Å². The quantitative estimate of drug-likeness (QED) is 0.214. The highest BCUT2D eigenvalue weighted by atomic mass is 127. The zero-order chi connectivity index (χ0) is 20.3. The van der Waals surface area contributed by atoms with Crippen molar-refractivity contribution in [2.24, 2.45) is 4.99 Å². The first kappa shape index (κ1) is 24.7. The Balaban J connectivity index is 0.00000320. The SMILES string of the molecule is CCNC(=NCc1ccc(CN2CCCC2)cc1)NCCCCn1ccnc1C.I. The number of nitrogens with zero attached hydrogens (tertiary/aromatic N) is 4. The summed E-state index contributed by atoms with van der Waals surface area (Å²) in [5, 5.41) is 6.80. The Morgan fingerprint density at radius 2 is 1.80 bits per heavy atom. The minimum absolute atomic E-state index is 0. The number of unbranched alkanes of at least 4 members (excludes halogenated alkanes) is 1. The lowest BCUT2D eigenvalue weighted by molar-refractivity contribution is 0.331. The van der Waals surface area contributed by atoms with Crippen LogP contribution in [0.15, 0.2) is 41.7 Å². The van der Waals surface area contributed by atoms with Gasteiger partial charge in [0.1, 0.15) is 5.82 Å². The first-order valence-corrected chi connectivity index (χ1v) is 11.0. The van der Waals surface area contributed by atoms with E-state index in [1.807, 2.05) is 19.3 Å². The van der Waals surface area contributed by atoms with E-state index in [0.717, 1.165) is 50.8 Å². The van der Waals surface area contributed by atoms with Crippen molar-refractivity contribution in [1.82, 2.24) is 25.1 Å². The van der Waals surface area contributed by atoms with Gasteiger partial charge in [-0.05, 0) is 63.7 Å². The highest BCUT2D eigenvalue weighted by Gasteiger charge is 2.11. The molecule has 1 aromatic heterocycles. The van der Waals surface area contributed by atoms with Gasteiger partial charge in [0.2, 0.25) is 0 Å². The molecule has 2 aromatic rings. The molecule has 0 saturated carbocycles. The van der Waals surface area contributed by atoms with E-state index in [-0.39, 0.29) is 24.0 Å². The summed E-state index contributed by atoms with van der Waals surface area (Å²) in [4.78, 5) is 11.6. The molecule has 0 unspecified atom stereocenters. The summed E-state index contributed by atoms with van der Waals surface area (Å²) in [5.74, 6) is 1.98.